The Balaban J connectivity index is 2.04. The fraction of sp³-hybridized carbons (Fsp3) is 0.200. The Bertz CT molecular complexity index is 1130. The van der Waals surface area contributed by atoms with Crippen molar-refractivity contribution in [3.8, 4) is 11.5 Å². The number of ether oxygens (including phenoxy) is 4. The van der Waals surface area contributed by atoms with Crippen LogP contribution < -0.4 is 9.47 Å². The van der Waals surface area contributed by atoms with Gasteiger partial charge in [0.05, 0.1) is 0 Å². The van der Waals surface area contributed by atoms with Crippen LogP contribution in [0.3, 0.4) is 0 Å². The first kappa shape index (κ1) is 21.9. The van der Waals surface area contributed by atoms with E-state index >= 15 is 0 Å². The predicted octanol–water partition coefficient (Wildman–Crippen LogP) is 4.52. The largest absolute Gasteiger partial charge is 0.481 e. The van der Waals surface area contributed by atoms with E-state index in [1.807, 2.05) is 49.4 Å². The molecule has 0 radical (unpaired) electrons. The number of fused-ring (bicyclic) bond motifs is 2. The molecule has 0 fully saturated rings. The monoisotopic (exact) mass is 420 g/mol. The lowest BCUT2D eigenvalue weighted by molar-refractivity contribution is -0.145. The number of hydrogen-bond donors (Lipinski definition) is 0. The average Bonchev–Trinajstić information content (AvgIpc) is 2.78. The molecule has 0 amide bonds. The van der Waals surface area contributed by atoms with Gasteiger partial charge in [-0.2, -0.15) is 0 Å². The minimum absolute atomic E-state index is 0.123. The second kappa shape index (κ2) is 10.3. The fourth-order valence-electron chi connectivity index (χ4n) is 3.17. The summed E-state index contributed by atoms with van der Waals surface area (Å²) in [5.41, 5.74) is 1.01. The highest BCUT2D eigenvalue weighted by Crippen LogP contribution is 2.43. The summed E-state index contributed by atoms with van der Waals surface area (Å²) >= 11 is 0. The zero-order chi connectivity index (χ0) is 22.2. The van der Waals surface area contributed by atoms with E-state index in [0.29, 0.717) is 11.5 Å². The lowest BCUT2D eigenvalue weighted by Crippen LogP contribution is -2.16. The molecule has 0 N–H and O–H groups in total. The summed E-state index contributed by atoms with van der Waals surface area (Å²) < 4.78 is 21.8. The van der Waals surface area contributed by atoms with Gasteiger partial charge >= 0.3 is 11.9 Å². The van der Waals surface area contributed by atoms with E-state index in [1.165, 1.54) is 12.2 Å². The van der Waals surface area contributed by atoms with Crippen LogP contribution in [0.25, 0.3) is 21.5 Å². The lowest BCUT2D eigenvalue weighted by Gasteiger charge is -2.18. The van der Waals surface area contributed by atoms with Crippen LogP contribution in [0, 0.1) is 6.92 Å². The first-order valence-corrected chi connectivity index (χ1v) is 9.78. The third-order valence-electron chi connectivity index (χ3n) is 4.47. The van der Waals surface area contributed by atoms with Crippen LogP contribution in [0.15, 0.2) is 67.8 Å². The van der Waals surface area contributed by atoms with E-state index in [1.54, 1.807) is 0 Å². The number of rotatable bonds is 10. The molecule has 0 heterocycles. The van der Waals surface area contributed by atoms with Crippen molar-refractivity contribution >= 4 is 33.5 Å². The van der Waals surface area contributed by atoms with Crippen molar-refractivity contribution in [2.75, 3.05) is 26.4 Å². The Morgan fingerprint density at radius 3 is 1.77 bits per heavy atom. The zero-order valence-electron chi connectivity index (χ0n) is 17.4. The summed E-state index contributed by atoms with van der Waals surface area (Å²) in [4.78, 5) is 23.9. The van der Waals surface area contributed by atoms with Crippen LogP contribution in [0.5, 0.6) is 11.5 Å². The summed E-state index contributed by atoms with van der Waals surface area (Å²) in [5, 5.41) is 3.04. The van der Waals surface area contributed by atoms with Crippen molar-refractivity contribution in [1.29, 1.82) is 0 Å². The molecule has 0 saturated heterocycles. The highest BCUT2D eigenvalue weighted by atomic mass is 16.6. The molecule has 0 aliphatic rings. The Morgan fingerprint density at radius 2 is 1.26 bits per heavy atom. The Morgan fingerprint density at radius 1 is 0.774 bits per heavy atom. The van der Waals surface area contributed by atoms with Gasteiger partial charge < -0.3 is 18.9 Å². The zero-order valence-corrected chi connectivity index (χ0v) is 17.4. The quantitative estimate of drug-likeness (QED) is 0.273. The van der Waals surface area contributed by atoms with Crippen LogP contribution in [-0.2, 0) is 19.1 Å². The summed E-state index contributed by atoms with van der Waals surface area (Å²) in [6.07, 6.45) is 3.00. The average molecular weight is 420 g/mol. The van der Waals surface area contributed by atoms with Gasteiger partial charge in [-0.25, -0.2) is 9.59 Å². The Kier molecular flexibility index (Phi) is 7.27. The molecule has 160 valence electrons. The van der Waals surface area contributed by atoms with Gasteiger partial charge in [-0.1, -0.05) is 67.3 Å². The molecule has 0 atom stereocenters. The molecular formula is C25H24O6. The maximum atomic E-state index is 12.0. The van der Waals surface area contributed by atoms with Crippen molar-refractivity contribution in [2.45, 2.75) is 6.92 Å². The Hall–Kier alpha value is -3.80. The maximum absolute atomic E-state index is 12.0. The van der Waals surface area contributed by atoms with Crippen molar-refractivity contribution in [1.82, 2.24) is 0 Å². The van der Waals surface area contributed by atoms with E-state index < -0.39 is 11.9 Å². The highest BCUT2D eigenvalue weighted by Gasteiger charge is 2.18. The van der Waals surface area contributed by atoms with Crippen LogP contribution in [-0.4, -0.2) is 38.4 Å². The summed E-state index contributed by atoms with van der Waals surface area (Å²) in [6, 6.07) is 13.3. The fourth-order valence-corrected chi connectivity index (χ4v) is 3.17. The summed E-state index contributed by atoms with van der Waals surface area (Å²) in [5.74, 6) is 0.110. The van der Waals surface area contributed by atoms with Crippen LogP contribution in [0.4, 0.5) is 0 Å². The molecule has 0 bridgehead atoms. The van der Waals surface area contributed by atoms with Gasteiger partial charge in [0.15, 0.2) is 13.2 Å². The smallest absolute Gasteiger partial charge is 0.344 e. The Labute approximate surface area is 180 Å². The third-order valence-corrected chi connectivity index (χ3v) is 4.47. The van der Waals surface area contributed by atoms with Crippen LogP contribution >= 0.6 is 0 Å². The molecule has 0 saturated carbocycles. The predicted molar refractivity (Wildman–Crippen MR) is 119 cm³/mol. The molecule has 6 heteroatoms. The van der Waals surface area contributed by atoms with Crippen LogP contribution in [0.1, 0.15) is 5.56 Å². The van der Waals surface area contributed by atoms with E-state index in [4.69, 9.17) is 18.9 Å². The minimum atomic E-state index is -0.491. The maximum Gasteiger partial charge on any atom is 0.344 e. The molecule has 0 aliphatic heterocycles. The van der Waals surface area contributed by atoms with E-state index in [-0.39, 0.29) is 26.4 Å². The number of carbonyl (C=O) groups is 2. The van der Waals surface area contributed by atoms with Crippen molar-refractivity contribution in [3.63, 3.8) is 0 Å². The van der Waals surface area contributed by atoms with Gasteiger partial charge in [0.1, 0.15) is 24.7 Å². The third kappa shape index (κ3) is 5.22. The molecular weight excluding hydrogens is 396 g/mol. The van der Waals surface area contributed by atoms with Crippen molar-refractivity contribution < 1.29 is 28.5 Å². The van der Waals surface area contributed by atoms with Crippen molar-refractivity contribution in [3.05, 3.63) is 73.3 Å². The molecule has 0 unspecified atom stereocenters. The van der Waals surface area contributed by atoms with E-state index in [2.05, 4.69) is 13.2 Å². The van der Waals surface area contributed by atoms with Gasteiger partial charge in [0.25, 0.3) is 0 Å². The van der Waals surface area contributed by atoms with Gasteiger partial charge in [-0.3, -0.25) is 0 Å². The summed E-state index contributed by atoms with van der Waals surface area (Å²) in [6.45, 7) is 8.78. The first-order valence-electron chi connectivity index (χ1n) is 9.78. The molecule has 0 aliphatic carbocycles. The van der Waals surface area contributed by atoms with Crippen molar-refractivity contribution in [2.24, 2.45) is 0 Å². The second-order valence-electron chi connectivity index (χ2n) is 6.77. The van der Waals surface area contributed by atoms with E-state index in [9.17, 15) is 9.59 Å². The first-order chi connectivity index (χ1) is 15.0. The van der Waals surface area contributed by atoms with Gasteiger partial charge in [-0.15, -0.1) is 0 Å². The molecule has 0 aromatic heterocycles. The number of benzene rings is 3. The topological polar surface area (TPSA) is 71.1 Å². The molecule has 31 heavy (non-hydrogen) atoms. The second-order valence-corrected chi connectivity index (χ2v) is 6.77. The van der Waals surface area contributed by atoms with Gasteiger partial charge in [0.2, 0.25) is 0 Å². The molecule has 3 rings (SSSR count). The molecule has 3 aromatic carbocycles. The van der Waals surface area contributed by atoms with Crippen LogP contribution in [0.2, 0.25) is 0 Å². The summed E-state index contributed by atoms with van der Waals surface area (Å²) in [7, 11) is 0. The normalized spacial score (nSPS) is 10.5. The highest BCUT2D eigenvalue weighted by molar-refractivity contribution is 6.11. The van der Waals surface area contributed by atoms with Gasteiger partial charge in [0, 0.05) is 21.5 Å². The standard InChI is InChI=1S/C25H24O6/c1-4-12-28-22(26)15-30-24-18-8-6-7-9-19(18)25(31-16-23(27)29-13-5-2)21-14-17(3)10-11-20(21)24/h4-11,14H,1-2,12-13,15-16H2,3H3. The van der Waals surface area contributed by atoms with E-state index in [0.717, 1.165) is 27.1 Å². The minimum Gasteiger partial charge on any atom is -0.481 e. The number of esters is 2. The van der Waals surface area contributed by atoms with Gasteiger partial charge in [-0.05, 0) is 13.0 Å². The SMILES string of the molecule is C=CCOC(=O)COc1c2ccccc2c(OCC(=O)OCC=C)c2cc(C)ccc12. The molecule has 6 nitrogen and oxygen atoms in total. The number of aryl methyl sites for hydroxylation is 1. The number of hydrogen-bond acceptors (Lipinski definition) is 6. The molecule has 0 spiro atoms. The molecule has 3 aromatic rings. The number of carbonyl (C=O) groups excluding carboxylic acids is 2. The lowest BCUT2D eigenvalue weighted by atomic mass is 9.99.